The van der Waals surface area contributed by atoms with E-state index >= 15 is 4.39 Å². The lowest BCUT2D eigenvalue weighted by atomic mass is 9.97. The third-order valence-electron chi connectivity index (χ3n) is 6.13. The summed E-state index contributed by atoms with van der Waals surface area (Å²) in [7, 11) is 0. The molecule has 5 rings (SSSR count). The van der Waals surface area contributed by atoms with Crippen LogP contribution >= 0.6 is 23.2 Å². The van der Waals surface area contributed by atoms with Gasteiger partial charge in [-0.2, -0.15) is 0 Å². The number of amides is 1. The van der Waals surface area contributed by atoms with Crippen molar-refractivity contribution >= 4 is 29.1 Å². The van der Waals surface area contributed by atoms with Crippen molar-refractivity contribution in [3.8, 4) is 11.5 Å². The highest BCUT2D eigenvalue weighted by molar-refractivity contribution is 6.35. The van der Waals surface area contributed by atoms with Gasteiger partial charge in [0.25, 0.3) is 5.91 Å². The summed E-state index contributed by atoms with van der Waals surface area (Å²) in [6.07, 6.45) is 1.38. The first-order valence-corrected chi connectivity index (χ1v) is 11.4. The van der Waals surface area contributed by atoms with E-state index in [4.69, 9.17) is 32.7 Å². The molecule has 2 aliphatic rings. The smallest absolute Gasteiger partial charge is 0.307 e. The Morgan fingerprint density at radius 2 is 1.76 bits per heavy atom. The van der Waals surface area contributed by atoms with E-state index in [0.29, 0.717) is 29.1 Å². The number of carbonyl (C=O) groups excluding carboxylic acids is 1. The van der Waals surface area contributed by atoms with Gasteiger partial charge in [-0.1, -0.05) is 23.2 Å². The van der Waals surface area contributed by atoms with Crippen LogP contribution in [0.25, 0.3) is 0 Å². The van der Waals surface area contributed by atoms with E-state index in [1.165, 1.54) is 41.3 Å². The van der Waals surface area contributed by atoms with E-state index in [0.717, 1.165) is 12.5 Å². The normalized spacial score (nSPS) is 21.2. The fraction of sp³-hybridized carbons (Fsp3) is 0.240. The number of aliphatic hydroxyl groups is 1. The fourth-order valence-corrected chi connectivity index (χ4v) is 4.98. The zero-order valence-corrected chi connectivity index (χ0v) is 19.2. The molecule has 2 aliphatic heterocycles. The minimum Gasteiger partial charge on any atom is -0.440 e. The topological polar surface area (TPSA) is 59.0 Å². The summed E-state index contributed by atoms with van der Waals surface area (Å²) >= 11 is 12.5. The number of halogens is 4. The van der Waals surface area contributed by atoms with E-state index < -0.39 is 23.3 Å². The second-order valence-electron chi connectivity index (χ2n) is 8.21. The molecule has 3 aromatic rings. The molecule has 1 saturated heterocycles. The highest BCUT2D eigenvalue weighted by Crippen LogP contribution is 2.50. The van der Waals surface area contributed by atoms with Crippen LogP contribution in [0.1, 0.15) is 34.3 Å². The minimum absolute atomic E-state index is 0.0597. The molecule has 3 aromatic carbocycles. The zero-order chi connectivity index (χ0) is 24.0. The van der Waals surface area contributed by atoms with Crippen LogP contribution < -0.4 is 9.47 Å². The van der Waals surface area contributed by atoms with Gasteiger partial charge in [0, 0.05) is 23.2 Å². The van der Waals surface area contributed by atoms with Crippen LogP contribution in [0.3, 0.4) is 0 Å². The van der Waals surface area contributed by atoms with Crippen LogP contribution in [0.5, 0.6) is 11.5 Å². The Bertz CT molecular complexity index is 1270. The highest BCUT2D eigenvalue weighted by Gasteiger charge is 2.48. The number of rotatable bonds is 4. The van der Waals surface area contributed by atoms with Crippen molar-refractivity contribution in [2.75, 3.05) is 13.2 Å². The number of hydrogen-bond donors (Lipinski definition) is 1. The quantitative estimate of drug-likeness (QED) is 0.505. The average molecular weight is 506 g/mol. The number of ether oxygens (including phenoxy) is 2. The van der Waals surface area contributed by atoms with Gasteiger partial charge in [-0.25, -0.2) is 8.78 Å². The minimum atomic E-state index is -1.66. The summed E-state index contributed by atoms with van der Waals surface area (Å²) in [5, 5.41) is 10.2. The summed E-state index contributed by atoms with van der Waals surface area (Å²) in [6.45, 7) is 0.235. The van der Waals surface area contributed by atoms with Crippen LogP contribution in [0.4, 0.5) is 8.78 Å². The molecule has 5 nitrogen and oxygen atoms in total. The van der Waals surface area contributed by atoms with Gasteiger partial charge in [-0.3, -0.25) is 4.79 Å². The van der Waals surface area contributed by atoms with Gasteiger partial charge in [0.2, 0.25) is 0 Å². The van der Waals surface area contributed by atoms with E-state index in [-0.39, 0.29) is 34.7 Å². The number of carbonyl (C=O) groups is 1. The van der Waals surface area contributed by atoms with Crippen LogP contribution in [0.2, 0.25) is 10.0 Å². The van der Waals surface area contributed by atoms with E-state index in [1.54, 1.807) is 12.1 Å². The van der Waals surface area contributed by atoms with Gasteiger partial charge in [-0.05, 0) is 61.4 Å². The number of hydrogen-bond acceptors (Lipinski definition) is 4. The summed E-state index contributed by atoms with van der Waals surface area (Å²) in [4.78, 5) is 14.5. The Kier molecular flexibility index (Phi) is 5.88. The number of likely N-dealkylation sites (tertiary alicyclic amines) is 1. The van der Waals surface area contributed by atoms with Crippen LogP contribution in [-0.4, -0.2) is 35.1 Å². The van der Waals surface area contributed by atoms with E-state index in [2.05, 4.69) is 0 Å². The molecule has 0 spiro atoms. The van der Waals surface area contributed by atoms with Crippen molar-refractivity contribution in [3.63, 3.8) is 0 Å². The number of aliphatic hydroxyl groups excluding tert-OH is 1. The van der Waals surface area contributed by atoms with Gasteiger partial charge >= 0.3 is 5.79 Å². The Balaban J connectivity index is 1.59. The van der Waals surface area contributed by atoms with Crippen molar-refractivity contribution in [2.24, 2.45) is 0 Å². The van der Waals surface area contributed by atoms with Gasteiger partial charge in [0.15, 0.2) is 11.5 Å². The molecule has 2 unspecified atom stereocenters. The number of fused-ring (bicyclic) bond motifs is 1. The van der Waals surface area contributed by atoms with Crippen molar-refractivity contribution in [3.05, 3.63) is 93.0 Å². The van der Waals surface area contributed by atoms with Crippen LogP contribution in [-0.2, 0) is 5.79 Å². The molecule has 1 N–H and O–H groups in total. The SMILES string of the molecule is O=C(c1cc2c(cc1F)OC(c1ccc(F)cc1)(c1ccc(Cl)cc1Cl)O2)N1CCCC1CO. The Morgan fingerprint density at radius 1 is 1.06 bits per heavy atom. The molecule has 1 fully saturated rings. The average Bonchev–Trinajstić information content (AvgIpc) is 3.43. The molecule has 0 aliphatic carbocycles. The van der Waals surface area contributed by atoms with Crippen molar-refractivity contribution in [1.82, 2.24) is 4.90 Å². The Labute approximate surface area is 204 Å². The molecule has 9 heteroatoms. The van der Waals surface area contributed by atoms with Crippen molar-refractivity contribution < 1.29 is 28.2 Å². The maximum atomic E-state index is 15.1. The molecule has 34 heavy (non-hydrogen) atoms. The first kappa shape index (κ1) is 22.9. The largest absolute Gasteiger partial charge is 0.440 e. The highest BCUT2D eigenvalue weighted by atomic mass is 35.5. The van der Waals surface area contributed by atoms with E-state index in [9.17, 15) is 14.3 Å². The number of nitrogens with zero attached hydrogens (tertiary/aromatic N) is 1. The third-order valence-corrected chi connectivity index (χ3v) is 6.68. The van der Waals surface area contributed by atoms with Crippen molar-refractivity contribution in [1.29, 1.82) is 0 Å². The lowest BCUT2D eigenvalue weighted by molar-refractivity contribution is -0.0459. The molecule has 176 valence electrons. The molecule has 0 aromatic heterocycles. The van der Waals surface area contributed by atoms with Crippen LogP contribution in [0.15, 0.2) is 54.6 Å². The van der Waals surface area contributed by atoms with Gasteiger partial charge in [0.1, 0.15) is 11.6 Å². The predicted molar refractivity (Wildman–Crippen MR) is 122 cm³/mol. The Morgan fingerprint density at radius 3 is 2.44 bits per heavy atom. The van der Waals surface area contributed by atoms with Crippen molar-refractivity contribution in [2.45, 2.75) is 24.7 Å². The fourth-order valence-electron chi connectivity index (χ4n) is 4.45. The first-order valence-electron chi connectivity index (χ1n) is 10.7. The summed E-state index contributed by atoms with van der Waals surface area (Å²) in [6, 6.07) is 12.2. The van der Waals surface area contributed by atoms with Gasteiger partial charge < -0.3 is 19.5 Å². The third kappa shape index (κ3) is 3.78. The standard InChI is InChI=1S/C25H19Cl2F2NO4/c26-15-5-8-19(20(27)10-15)25(14-3-6-16(28)7-4-14)33-22-11-18(21(29)12-23(22)34-25)24(32)30-9-1-2-17(30)13-31/h3-8,10-12,17,31H,1-2,9,13H2. The summed E-state index contributed by atoms with van der Waals surface area (Å²) < 4.78 is 41.1. The lowest BCUT2D eigenvalue weighted by Gasteiger charge is -2.29. The monoisotopic (exact) mass is 505 g/mol. The molecule has 2 heterocycles. The molecular formula is C25H19Cl2F2NO4. The maximum Gasteiger partial charge on any atom is 0.307 e. The molecule has 1 amide bonds. The van der Waals surface area contributed by atoms with Gasteiger partial charge in [-0.15, -0.1) is 0 Å². The maximum absolute atomic E-state index is 15.1. The molecule has 0 radical (unpaired) electrons. The van der Waals surface area contributed by atoms with Crippen LogP contribution in [0, 0.1) is 11.6 Å². The molecule has 2 atom stereocenters. The molecular weight excluding hydrogens is 487 g/mol. The first-order chi connectivity index (χ1) is 16.3. The summed E-state index contributed by atoms with van der Waals surface area (Å²) in [5.41, 5.74) is 0.580. The second kappa shape index (κ2) is 8.73. The lowest BCUT2D eigenvalue weighted by Crippen LogP contribution is -2.38. The van der Waals surface area contributed by atoms with E-state index in [1.807, 2.05) is 0 Å². The molecule has 0 bridgehead atoms. The zero-order valence-electron chi connectivity index (χ0n) is 17.7. The summed E-state index contributed by atoms with van der Waals surface area (Å²) in [5.74, 6) is -3.26. The van der Waals surface area contributed by atoms with Gasteiger partial charge in [0.05, 0.1) is 28.8 Å². The number of benzene rings is 3. The predicted octanol–water partition coefficient (Wildman–Crippen LogP) is 5.54. The molecule has 0 saturated carbocycles. The second-order valence-corrected chi connectivity index (χ2v) is 9.05. The Hall–Kier alpha value is -2.87.